The van der Waals surface area contributed by atoms with Gasteiger partial charge in [0.2, 0.25) is 0 Å². The molecule has 144 valence electrons. The highest BCUT2D eigenvalue weighted by atomic mass is 16.1. The second-order valence-electron chi connectivity index (χ2n) is 7.42. The molecule has 0 spiro atoms. The number of piperazine rings is 1. The lowest BCUT2D eigenvalue weighted by molar-refractivity contribution is 0.250. The average molecular weight is 374 g/mol. The summed E-state index contributed by atoms with van der Waals surface area (Å²) in [7, 11) is 0. The summed E-state index contributed by atoms with van der Waals surface area (Å²) in [6.45, 7) is 8.74. The van der Waals surface area contributed by atoms with Crippen LogP contribution in [0.5, 0.6) is 0 Å². The molecule has 0 atom stereocenters. The molecule has 1 N–H and O–H groups in total. The Morgan fingerprint density at radius 3 is 2.43 bits per heavy atom. The average Bonchev–Trinajstić information content (AvgIpc) is 2.73. The first-order valence-electron chi connectivity index (χ1n) is 9.79. The molecule has 5 nitrogen and oxygen atoms in total. The Hall–Kier alpha value is -2.92. The molecule has 0 amide bonds. The van der Waals surface area contributed by atoms with Crippen LogP contribution in [0.4, 0.5) is 5.69 Å². The highest BCUT2D eigenvalue weighted by molar-refractivity contribution is 5.56. The van der Waals surface area contributed by atoms with E-state index in [1.54, 1.807) is 6.92 Å². The molecule has 0 unspecified atom stereocenters. The molecule has 1 aliphatic heterocycles. The number of hydrogen-bond acceptors (Lipinski definition) is 4. The molecule has 2 heterocycles. The minimum atomic E-state index is -0.0649. The van der Waals surface area contributed by atoms with Crippen molar-refractivity contribution in [2.24, 2.45) is 0 Å². The summed E-state index contributed by atoms with van der Waals surface area (Å²) < 4.78 is 0. The Labute approximate surface area is 165 Å². The van der Waals surface area contributed by atoms with Crippen LogP contribution in [0.15, 0.2) is 59.4 Å². The van der Waals surface area contributed by atoms with E-state index in [2.05, 4.69) is 62.2 Å². The summed E-state index contributed by atoms with van der Waals surface area (Å²) in [6, 6.07) is 18.9. The Morgan fingerprint density at radius 2 is 1.71 bits per heavy atom. The van der Waals surface area contributed by atoms with Gasteiger partial charge >= 0.3 is 0 Å². The normalized spacial score (nSPS) is 15.0. The molecular formula is C23H26N4O. The minimum absolute atomic E-state index is 0.0649. The zero-order valence-corrected chi connectivity index (χ0v) is 16.5. The summed E-state index contributed by atoms with van der Waals surface area (Å²) in [6.07, 6.45) is 0. The van der Waals surface area contributed by atoms with Gasteiger partial charge in [-0.1, -0.05) is 36.4 Å². The third-order valence-corrected chi connectivity index (χ3v) is 5.49. The fourth-order valence-electron chi connectivity index (χ4n) is 3.66. The maximum absolute atomic E-state index is 12.1. The molecule has 28 heavy (non-hydrogen) atoms. The van der Waals surface area contributed by atoms with Crippen LogP contribution in [0, 0.1) is 13.8 Å². The third kappa shape index (κ3) is 3.99. The number of aromatic nitrogens is 2. The molecule has 5 heteroatoms. The van der Waals surface area contributed by atoms with E-state index in [1.807, 2.05) is 19.1 Å². The first kappa shape index (κ1) is 18.4. The number of H-pyrrole nitrogens is 1. The minimum Gasteiger partial charge on any atom is -0.369 e. The van der Waals surface area contributed by atoms with Gasteiger partial charge < -0.3 is 9.88 Å². The van der Waals surface area contributed by atoms with Gasteiger partial charge in [0.1, 0.15) is 5.82 Å². The quantitative estimate of drug-likeness (QED) is 0.761. The fourth-order valence-corrected chi connectivity index (χ4v) is 3.66. The maximum atomic E-state index is 12.1. The lowest BCUT2D eigenvalue weighted by atomic mass is 10.1. The molecule has 1 saturated heterocycles. The molecule has 1 fully saturated rings. The largest absolute Gasteiger partial charge is 0.369 e. The number of rotatable bonds is 4. The van der Waals surface area contributed by atoms with Crippen molar-refractivity contribution in [3.8, 4) is 11.4 Å². The molecule has 3 aromatic rings. The van der Waals surface area contributed by atoms with E-state index >= 15 is 0 Å². The number of hydrogen-bond donors (Lipinski definition) is 1. The summed E-state index contributed by atoms with van der Waals surface area (Å²) in [4.78, 5) is 24.5. The molecule has 1 aromatic heterocycles. The SMILES string of the molecule is Cc1nc(-c2cccc(CN3CCN(c4ccccc4)CC3)c2)[nH]c(=O)c1C. The number of nitrogens with zero attached hydrogens (tertiary/aromatic N) is 3. The fraction of sp³-hybridized carbons (Fsp3) is 0.304. The van der Waals surface area contributed by atoms with Gasteiger partial charge in [-0.05, 0) is 37.6 Å². The van der Waals surface area contributed by atoms with Crippen molar-refractivity contribution in [2.75, 3.05) is 31.1 Å². The first-order chi connectivity index (χ1) is 13.6. The predicted molar refractivity (Wildman–Crippen MR) is 114 cm³/mol. The Balaban J connectivity index is 1.44. The van der Waals surface area contributed by atoms with E-state index in [-0.39, 0.29) is 5.56 Å². The van der Waals surface area contributed by atoms with Crippen molar-refractivity contribution in [3.63, 3.8) is 0 Å². The van der Waals surface area contributed by atoms with E-state index in [4.69, 9.17) is 0 Å². The number of para-hydroxylation sites is 1. The number of nitrogens with one attached hydrogen (secondary N) is 1. The van der Waals surface area contributed by atoms with Crippen molar-refractivity contribution in [3.05, 3.63) is 81.8 Å². The topological polar surface area (TPSA) is 52.2 Å². The standard InChI is InChI=1S/C23H26N4O/c1-17-18(2)24-22(25-23(17)28)20-8-6-7-19(15-20)16-26-11-13-27(14-12-26)21-9-4-3-5-10-21/h3-10,15H,11-14,16H2,1-2H3,(H,24,25,28). The Kier molecular flexibility index (Phi) is 5.26. The molecule has 0 bridgehead atoms. The molecule has 0 saturated carbocycles. The van der Waals surface area contributed by atoms with Crippen LogP contribution in [-0.4, -0.2) is 41.0 Å². The Bertz CT molecular complexity index is 1000. The van der Waals surface area contributed by atoms with Gasteiger partial charge in [-0.3, -0.25) is 9.69 Å². The zero-order chi connectivity index (χ0) is 19.5. The number of aryl methyl sites for hydroxylation is 1. The van der Waals surface area contributed by atoms with Gasteiger partial charge in [0, 0.05) is 55.2 Å². The van der Waals surface area contributed by atoms with Gasteiger partial charge in [0.25, 0.3) is 5.56 Å². The molecule has 4 rings (SSSR count). The van der Waals surface area contributed by atoms with Crippen LogP contribution in [0.2, 0.25) is 0 Å². The lowest BCUT2D eigenvalue weighted by Crippen LogP contribution is -2.45. The molecule has 0 aliphatic carbocycles. The number of anilines is 1. The van der Waals surface area contributed by atoms with Crippen LogP contribution in [0.3, 0.4) is 0 Å². The van der Waals surface area contributed by atoms with E-state index in [1.165, 1.54) is 11.3 Å². The van der Waals surface area contributed by atoms with Crippen molar-refractivity contribution < 1.29 is 0 Å². The van der Waals surface area contributed by atoms with Crippen LogP contribution < -0.4 is 10.5 Å². The smallest absolute Gasteiger partial charge is 0.254 e. The second kappa shape index (κ2) is 7.98. The Morgan fingerprint density at radius 1 is 0.964 bits per heavy atom. The zero-order valence-electron chi connectivity index (χ0n) is 16.5. The van der Waals surface area contributed by atoms with Gasteiger partial charge in [0.05, 0.1) is 0 Å². The third-order valence-electron chi connectivity index (χ3n) is 5.49. The van der Waals surface area contributed by atoms with Gasteiger partial charge in [0.15, 0.2) is 0 Å². The van der Waals surface area contributed by atoms with Crippen molar-refractivity contribution >= 4 is 5.69 Å². The van der Waals surface area contributed by atoms with Gasteiger partial charge in [-0.25, -0.2) is 4.98 Å². The first-order valence-corrected chi connectivity index (χ1v) is 9.79. The van der Waals surface area contributed by atoms with Crippen molar-refractivity contribution in [1.82, 2.24) is 14.9 Å². The van der Waals surface area contributed by atoms with Gasteiger partial charge in [-0.2, -0.15) is 0 Å². The maximum Gasteiger partial charge on any atom is 0.254 e. The van der Waals surface area contributed by atoms with Crippen LogP contribution >= 0.6 is 0 Å². The molecule has 0 radical (unpaired) electrons. The molecule has 1 aliphatic rings. The number of aromatic amines is 1. The van der Waals surface area contributed by atoms with E-state index in [0.717, 1.165) is 44.0 Å². The predicted octanol–water partition coefficient (Wildman–Crippen LogP) is 3.38. The second-order valence-corrected chi connectivity index (χ2v) is 7.42. The van der Waals surface area contributed by atoms with Gasteiger partial charge in [-0.15, -0.1) is 0 Å². The molecular weight excluding hydrogens is 348 g/mol. The highest BCUT2D eigenvalue weighted by Crippen LogP contribution is 2.20. The summed E-state index contributed by atoms with van der Waals surface area (Å²) in [5.74, 6) is 0.642. The van der Waals surface area contributed by atoms with Crippen molar-refractivity contribution in [1.29, 1.82) is 0 Å². The van der Waals surface area contributed by atoms with Crippen LogP contribution in [0.25, 0.3) is 11.4 Å². The van der Waals surface area contributed by atoms with E-state index < -0.39 is 0 Å². The van der Waals surface area contributed by atoms with Crippen LogP contribution in [-0.2, 0) is 6.54 Å². The van der Waals surface area contributed by atoms with E-state index in [9.17, 15) is 4.79 Å². The highest BCUT2D eigenvalue weighted by Gasteiger charge is 2.17. The number of benzene rings is 2. The monoisotopic (exact) mass is 374 g/mol. The van der Waals surface area contributed by atoms with Crippen LogP contribution in [0.1, 0.15) is 16.8 Å². The summed E-state index contributed by atoms with van der Waals surface area (Å²) in [5, 5.41) is 0. The molecule has 2 aromatic carbocycles. The lowest BCUT2D eigenvalue weighted by Gasteiger charge is -2.36. The summed E-state index contributed by atoms with van der Waals surface area (Å²) in [5.41, 5.74) is 4.89. The summed E-state index contributed by atoms with van der Waals surface area (Å²) >= 11 is 0. The van der Waals surface area contributed by atoms with Crippen molar-refractivity contribution in [2.45, 2.75) is 20.4 Å². The van der Waals surface area contributed by atoms with E-state index in [0.29, 0.717) is 11.4 Å².